The Balaban J connectivity index is 0.000000265. The molecule has 4 aromatic rings. The molecule has 0 atom stereocenters. The maximum Gasteiger partial charge on any atom is 0.376 e. The fourth-order valence-electron chi connectivity index (χ4n) is 6.51. The Morgan fingerprint density at radius 2 is 1.08 bits per heavy atom. The summed E-state index contributed by atoms with van der Waals surface area (Å²) < 4.78 is 0. The maximum atomic E-state index is 10.2. The molecule has 0 amide bonds. The summed E-state index contributed by atoms with van der Waals surface area (Å²) in [6, 6.07) is 25.8. The topological polar surface area (TPSA) is 68.7 Å². The van der Waals surface area contributed by atoms with Crippen LogP contribution >= 0.6 is 22.7 Å². The van der Waals surface area contributed by atoms with Crippen molar-refractivity contribution in [3.05, 3.63) is 112 Å². The van der Waals surface area contributed by atoms with E-state index in [9.17, 15) is 10.0 Å². The van der Waals surface area contributed by atoms with Gasteiger partial charge >= 0.3 is 14.1 Å². The number of hydrogen-bond donors (Lipinski definition) is 3. The van der Waals surface area contributed by atoms with Crippen molar-refractivity contribution in [2.45, 2.75) is 39.6 Å². The summed E-state index contributed by atoms with van der Waals surface area (Å²) in [5.74, 6) is 0. The summed E-state index contributed by atoms with van der Waals surface area (Å²) >= 11 is 3.57. The van der Waals surface area contributed by atoms with Crippen LogP contribution in [0.4, 0.5) is 11.4 Å². The first kappa shape index (κ1) is 43.4. The van der Waals surface area contributed by atoms with Crippen LogP contribution in [0.1, 0.15) is 20.9 Å². The van der Waals surface area contributed by atoms with E-state index >= 15 is 0 Å². The van der Waals surface area contributed by atoms with Gasteiger partial charge in [-0.1, -0.05) is 48.5 Å². The largest absolute Gasteiger partial charge is 0.437 e. The number of anilines is 2. The van der Waals surface area contributed by atoms with Gasteiger partial charge in [0.15, 0.2) is 0 Å². The average molecular weight is 822 g/mol. The molecule has 3 N–H and O–H groups in total. The van der Waals surface area contributed by atoms with Crippen LogP contribution in [0.25, 0.3) is 0 Å². The molecule has 4 heterocycles. The number of nitrogens with one attached hydrogen (secondary N) is 1. The van der Waals surface area contributed by atoms with Crippen LogP contribution < -0.4 is 15.1 Å². The van der Waals surface area contributed by atoms with Crippen LogP contribution in [0.5, 0.6) is 0 Å². The van der Waals surface area contributed by atoms with Gasteiger partial charge in [0, 0.05) is 107 Å². The number of nitrogens with zero attached hydrogens (tertiary/aromatic N) is 5. The standard InChI is InChI=1S/C19H28BN3OS.C18H26BN3OS.CH3.Pd/c1-20(24)23(10-9-18-7-5-15-25-18)16-17-6-3-4-8-19(17)22-13-11-21(2)12-14-22;1-19(23)22(11-8-17-6-4-14-24-17)15-16-5-2-3-7-18(16)21-12-9-20-10-13-21;;/h3-8,15,24H,9-14,16H2,1-2H3;2-7,14,20,23H,8-13,15H2,1H3;1H3;/q;;-1;. The molecular formula is C38H57B2N6O2PdS2-. The summed E-state index contributed by atoms with van der Waals surface area (Å²) in [6.45, 7) is 15.5. The molecular weight excluding hydrogens is 765 g/mol. The first-order valence-corrected chi connectivity index (χ1v) is 19.6. The Kier molecular flexibility index (Phi) is 19.5. The molecule has 0 unspecified atom stereocenters. The van der Waals surface area contributed by atoms with E-state index in [1.165, 1.54) is 32.3 Å². The van der Waals surface area contributed by atoms with Gasteiger partial charge in [0.2, 0.25) is 0 Å². The van der Waals surface area contributed by atoms with Crippen molar-refractivity contribution >= 4 is 48.1 Å². The third kappa shape index (κ3) is 13.7. The second-order valence-electron chi connectivity index (χ2n) is 13.1. The minimum Gasteiger partial charge on any atom is -0.437 e. The minimum atomic E-state index is -0.444. The van der Waals surface area contributed by atoms with Gasteiger partial charge in [0.25, 0.3) is 0 Å². The zero-order valence-corrected chi connectivity index (χ0v) is 34.1. The number of thiophene rings is 2. The molecule has 0 radical (unpaired) electrons. The monoisotopic (exact) mass is 821 g/mol. The molecule has 2 aliphatic rings. The second kappa shape index (κ2) is 22.9. The van der Waals surface area contributed by atoms with Gasteiger partial charge in [-0.3, -0.25) is 0 Å². The summed E-state index contributed by atoms with van der Waals surface area (Å²) in [4.78, 5) is 14.4. The normalized spacial score (nSPS) is 14.8. The van der Waals surface area contributed by atoms with Crippen LogP contribution in [0, 0.1) is 7.43 Å². The SMILES string of the molecule is CB(O)N(CCc1cccs1)Cc1ccccc1N1CCN(C)CC1.CB(O)N(CCc1cccs1)Cc1ccccc1N1CCNCC1.[CH3-].[Pd]. The average Bonchev–Trinajstić information content (AvgIpc) is 3.85. The van der Waals surface area contributed by atoms with Gasteiger partial charge < -0.3 is 47.1 Å². The molecule has 0 spiro atoms. The Bertz CT molecular complexity index is 1490. The molecule has 280 valence electrons. The van der Waals surface area contributed by atoms with E-state index < -0.39 is 14.1 Å². The van der Waals surface area contributed by atoms with Gasteiger partial charge in [-0.25, -0.2) is 0 Å². The van der Waals surface area contributed by atoms with E-state index in [1.807, 2.05) is 13.6 Å². The zero-order valence-electron chi connectivity index (χ0n) is 30.9. The molecule has 2 aliphatic heterocycles. The van der Waals surface area contributed by atoms with Crippen molar-refractivity contribution < 1.29 is 30.5 Å². The third-order valence-corrected chi connectivity index (χ3v) is 11.4. The predicted molar refractivity (Wildman–Crippen MR) is 219 cm³/mol. The number of para-hydroxylation sites is 2. The molecule has 2 fully saturated rings. The quantitative estimate of drug-likeness (QED) is 0.115. The summed E-state index contributed by atoms with van der Waals surface area (Å²) in [5, 5.41) is 28.1. The van der Waals surface area contributed by atoms with Crippen molar-refractivity contribution in [3.8, 4) is 0 Å². The van der Waals surface area contributed by atoms with Crippen molar-refractivity contribution in [1.82, 2.24) is 19.8 Å². The number of piperazine rings is 2. The van der Waals surface area contributed by atoms with Gasteiger partial charge in [-0.15, -0.1) is 22.7 Å². The van der Waals surface area contributed by atoms with Crippen molar-refractivity contribution in [2.24, 2.45) is 0 Å². The fourth-order valence-corrected chi connectivity index (χ4v) is 7.91. The molecule has 0 saturated carbocycles. The second-order valence-corrected chi connectivity index (χ2v) is 15.2. The van der Waals surface area contributed by atoms with Crippen molar-refractivity contribution in [3.63, 3.8) is 0 Å². The molecule has 51 heavy (non-hydrogen) atoms. The summed E-state index contributed by atoms with van der Waals surface area (Å²) in [7, 11) is 1.30. The Labute approximate surface area is 330 Å². The van der Waals surface area contributed by atoms with E-state index in [0.717, 1.165) is 91.4 Å². The minimum absolute atomic E-state index is 0. The van der Waals surface area contributed by atoms with Crippen LogP contribution in [-0.2, 0) is 46.4 Å². The Hall–Kier alpha value is -2.01. The number of rotatable bonds is 14. The summed E-state index contributed by atoms with van der Waals surface area (Å²) in [6.07, 6.45) is 1.97. The van der Waals surface area contributed by atoms with Gasteiger partial charge in [0.1, 0.15) is 0 Å². The zero-order chi connectivity index (χ0) is 34.4. The van der Waals surface area contributed by atoms with E-state index in [-0.39, 0.29) is 27.8 Å². The van der Waals surface area contributed by atoms with Gasteiger partial charge in [0.05, 0.1) is 0 Å². The molecule has 6 rings (SSSR count). The smallest absolute Gasteiger partial charge is 0.376 e. The molecule has 13 heteroatoms. The fraction of sp³-hybridized carbons (Fsp3) is 0.447. The summed E-state index contributed by atoms with van der Waals surface area (Å²) in [5.41, 5.74) is 5.23. The molecule has 2 saturated heterocycles. The maximum absolute atomic E-state index is 10.2. The number of hydrogen-bond acceptors (Lipinski definition) is 10. The molecule has 2 aromatic heterocycles. The predicted octanol–water partition coefficient (Wildman–Crippen LogP) is 5.42. The van der Waals surface area contributed by atoms with E-state index in [4.69, 9.17) is 0 Å². The van der Waals surface area contributed by atoms with E-state index in [2.05, 4.69) is 120 Å². The first-order valence-electron chi connectivity index (χ1n) is 17.8. The third-order valence-electron chi connectivity index (χ3n) is 9.54. The van der Waals surface area contributed by atoms with Crippen molar-refractivity contribution in [1.29, 1.82) is 0 Å². The molecule has 8 nitrogen and oxygen atoms in total. The van der Waals surface area contributed by atoms with Gasteiger partial charge in [-0.05, 0) is 92.8 Å². The Morgan fingerprint density at radius 1 is 0.647 bits per heavy atom. The van der Waals surface area contributed by atoms with E-state index in [1.54, 1.807) is 22.7 Å². The molecule has 2 aromatic carbocycles. The number of likely N-dealkylation sites (N-methyl/N-ethyl adjacent to an activating group) is 1. The molecule has 0 bridgehead atoms. The first-order chi connectivity index (χ1) is 23.9. The van der Waals surface area contributed by atoms with E-state index in [0.29, 0.717) is 0 Å². The van der Waals surface area contributed by atoms with Crippen LogP contribution in [-0.4, -0.2) is 111 Å². The molecule has 0 aliphatic carbocycles. The number of benzene rings is 2. The Morgan fingerprint density at radius 3 is 1.49 bits per heavy atom. The van der Waals surface area contributed by atoms with Crippen LogP contribution in [0.2, 0.25) is 13.6 Å². The van der Waals surface area contributed by atoms with Gasteiger partial charge in [-0.2, -0.15) is 0 Å². The van der Waals surface area contributed by atoms with Crippen molar-refractivity contribution in [2.75, 3.05) is 82.3 Å². The van der Waals surface area contributed by atoms with Crippen LogP contribution in [0.15, 0.2) is 83.6 Å². The van der Waals surface area contributed by atoms with Crippen LogP contribution in [0.3, 0.4) is 0 Å².